The van der Waals surface area contributed by atoms with Crippen molar-refractivity contribution in [2.24, 2.45) is 0 Å². The standard InChI is InChI=1S/C39H32F3N3O4S/c1-2-49-32-21-19-26(20-22-32)23-34(45-36(46)28-13-7-4-8-14-28)37(47)43-31-17-10-18-33(25-31)50-35(27-11-5-3-6-12-27)38(48)44-30-16-9-15-29(24-30)39(40,41)42/h3-25,35H,2H2,1H3,(H,43,47)(H,44,48)(H,45,46)/b34-23+. The van der Waals surface area contributed by atoms with Crippen molar-refractivity contribution in [1.82, 2.24) is 5.32 Å². The van der Waals surface area contributed by atoms with Crippen LogP contribution >= 0.6 is 11.8 Å². The van der Waals surface area contributed by atoms with Crippen LogP contribution in [-0.4, -0.2) is 24.3 Å². The van der Waals surface area contributed by atoms with Crippen molar-refractivity contribution in [2.45, 2.75) is 23.2 Å². The zero-order valence-electron chi connectivity index (χ0n) is 26.7. The van der Waals surface area contributed by atoms with E-state index in [1.807, 2.05) is 6.92 Å². The summed E-state index contributed by atoms with van der Waals surface area (Å²) in [5.41, 5.74) is 1.15. The first-order chi connectivity index (χ1) is 24.1. The molecule has 5 aromatic rings. The minimum atomic E-state index is -4.56. The Labute approximate surface area is 291 Å². The highest BCUT2D eigenvalue weighted by Crippen LogP contribution is 2.38. The van der Waals surface area contributed by atoms with E-state index in [4.69, 9.17) is 4.74 Å². The van der Waals surface area contributed by atoms with Crippen LogP contribution in [0.4, 0.5) is 24.5 Å². The molecule has 3 N–H and O–H groups in total. The second-order valence-corrected chi connectivity index (χ2v) is 12.0. The third-order valence-electron chi connectivity index (χ3n) is 7.17. The van der Waals surface area contributed by atoms with Crippen LogP contribution < -0.4 is 20.7 Å². The van der Waals surface area contributed by atoms with Gasteiger partial charge < -0.3 is 20.7 Å². The van der Waals surface area contributed by atoms with Gasteiger partial charge in [0.1, 0.15) is 16.7 Å². The van der Waals surface area contributed by atoms with E-state index in [0.717, 1.165) is 23.9 Å². The molecule has 0 aliphatic heterocycles. The lowest BCUT2D eigenvalue weighted by Gasteiger charge is -2.18. The first kappa shape index (κ1) is 35.5. The summed E-state index contributed by atoms with van der Waals surface area (Å²) in [7, 11) is 0. The molecule has 3 amide bonds. The minimum absolute atomic E-state index is 0.0105. The lowest BCUT2D eigenvalue weighted by Crippen LogP contribution is -2.30. The van der Waals surface area contributed by atoms with Gasteiger partial charge in [0.25, 0.3) is 11.8 Å². The number of amides is 3. The molecule has 0 saturated carbocycles. The molecule has 0 bridgehead atoms. The topological polar surface area (TPSA) is 96.5 Å². The molecule has 1 atom stereocenters. The van der Waals surface area contributed by atoms with E-state index in [0.29, 0.717) is 39.6 Å². The minimum Gasteiger partial charge on any atom is -0.494 e. The van der Waals surface area contributed by atoms with Crippen LogP contribution in [0.3, 0.4) is 0 Å². The van der Waals surface area contributed by atoms with Gasteiger partial charge in [-0.05, 0) is 84.8 Å². The largest absolute Gasteiger partial charge is 0.494 e. The van der Waals surface area contributed by atoms with Crippen molar-refractivity contribution in [3.63, 3.8) is 0 Å². The fourth-order valence-corrected chi connectivity index (χ4v) is 5.88. The van der Waals surface area contributed by atoms with Crippen LogP contribution in [0.5, 0.6) is 5.75 Å². The van der Waals surface area contributed by atoms with Gasteiger partial charge in [0, 0.05) is 21.8 Å². The fraction of sp³-hybridized carbons (Fsp3) is 0.103. The highest BCUT2D eigenvalue weighted by Gasteiger charge is 2.31. The SMILES string of the molecule is CCOc1ccc(/C=C(/NC(=O)c2ccccc2)C(=O)Nc2cccc(SC(C(=O)Nc3cccc(C(F)(F)F)c3)c3ccccc3)c2)cc1. The fourth-order valence-electron chi connectivity index (χ4n) is 4.80. The maximum Gasteiger partial charge on any atom is 0.416 e. The van der Waals surface area contributed by atoms with E-state index in [1.54, 1.807) is 115 Å². The Kier molecular flexibility index (Phi) is 11.7. The molecule has 0 aliphatic carbocycles. The predicted molar refractivity (Wildman–Crippen MR) is 190 cm³/mol. The first-order valence-corrected chi connectivity index (χ1v) is 16.4. The summed E-state index contributed by atoms with van der Waals surface area (Å²) in [6.07, 6.45) is -3.01. The van der Waals surface area contributed by atoms with E-state index >= 15 is 0 Å². The zero-order chi connectivity index (χ0) is 35.5. The number of nitrogens with one attached hydrogen (secondary N) is 3. The maximum atomic E-state index is 13.6. The van der Waals surface area contributed by atoms with Gasteiger partial charge in [-0.1, -0.05) is 72.8 Å². The van der Waals surface area contributed by atoms with Gasteiger partial charge in [-0.3, -0.25) is 14.4 Å². The number of hydrogen-bond acceptors (Lipinski definition) is 5. The average Bonchev–Trinajstić information content (AvgIpc) is 3.12. The van der Waals surface area contributed by atoms with E-state index in [9.17, 15) is 27.6 Å². The Hall–Kier alpha value is -5.81. The summed E-state index contributed by atoms with van der Waals surface area (Å²) in [6.45, 7) is 2.38. The van der Waals surface area contributed by atoms with E-state index < -0.39 is 34.7 Å². The van der Waals surface area contributed by atoms with Crippen LogP contribution in [0.1, 0.15) is 39.2 Å². The van der Waals surface area contributed by atoms with Gasteiger partial charge in [0.2, 0.25) is 5.91 Å². The molecular formula is C39H32F3N3O4S. The molecule has 5 rings (SSSR count). The molecule has 254 valence electrons. The molecule has 11 heteroatoms. The molecule has 1 unspecified atom stereocenters. The van der Waals surface area contributed by atoms with Crippen LogP contribution in [-0.2, 0) is 15.8 Å². The summed E-state index contributed by atoms with van der Waals surface area (Å²) in [5, 5.41) is 7.30. The van der Waals surface area contributed by atoms with Gasteiger partial charge >= 0.3 is 6.18 Å². The van der Waals surface area contributed by atoms with Gasteiger partial charge in [-0.25, -0.2) is 0 Å². The monoisotopic (exact) mass is 695 g/mol. The van der Waals surface area contributed by atoms with Crippen molar-refractivity contribution in [3.8, 4) is 5.75 Å². The Morgan fingerprint density at radius 3 is 2.06 bits per heavy atom. The van der Waals surface area contributed by atoms with Gasteiger partial charge in [0.05, 0.1) is 12.2 Å². The average molecular weight is 696 g/mol. The van der Waals surface area contributed by atoms with E-state index in [-0.39, 0.29) is 11.4 Å². The lowest BCUT2D eigenvalue weighted by molar-refractivity contribution is -0.137. The molecule has 50 heavy (non-hydrogen) atoms. The third-order valence-corrected chi connectivity index (χ3v) is 8.42. The molecule has 0 aliphatic rings. The number of carbonyl (C=O) groups is 3. The molecule has 0 spiro atoms. The molecule has 5 aromatic carbocycles. The van der Waals surface area contributed by atoms with Crippen molar-refractivity contribution < 1.29 is 32.3 Å². The number of hydrogen-bond donors (Lipinski definition) is 3. The molecule has 0 saturated heterocycles. The molecule has 7 nitrogen and oxygen atoms in total. The number of thioether (sulfide) groups is 1. The summed E-state index contributed by atoms with van der Waals surface area (Å²) in [5.74, 6) is -0.929. The number of carbonyl (C=O) groups excluding carboxylic acids is 3. The maximum absolute atomic E-state index is 13.6. The molecule has 0 fully saturated rings. The summed E-state index contributed by atoms with van der Waals surface area (Å²) < 4.78 is 45.4. The van der Waals surface area contributed by atoms with Gasteiger partial charge in [-0.15, -0.1) is 11.8 Å². The Bertz CT molecular complexity index is 1970. The van der Waals surface area contributed by atoms with Crippen LogP contribution in [0.2, 0.25) is 0 Å². The normalized spacial score (nSPS) is 12.0. The number of halogens is 3. The molecular weight excluding hydrogens is 664 g/mol. The van der Waals surface area contributed by atoms with Crippen LogP contribution in [0.25, 0.3) is 6.08 Å². The number of rotatable bonds is 12. The number of ether oxygens (including phenoxy) is 1. The zero-order valence-corrected chi connectivity index (χ0v) is 27.6. The van der Waals surface area contributed by atoms with Crippen LogP contribution in [0.15, 0.2) is 144 Å². The first-order valence-electron chi connectivity index (χ1n) is 15.5. The van der Waals surface area contributed by atoms with Gasteiger partial charge in [0.15, 0.2) is 0 Å². The second kappa shape index (κ2) is 16.5. The summed E-state index contributed by atoms with van der Waals surface area (Å²) in [4.78, 5) is 40.9. The summed E-state index contributed by atoms with van der Waals surface area (Å²) in [6, 6.07) is 35.6. The van der Waals surface area contributed by atoms with Crippen molar-refractivity contribution >= 4 is 46.9 Å². The van der Waals surface area contributed by atoms with Crippen LogP contribution in [0, 0.1) is 0 Å². The lowest BCUT2D eigenvalue weighted by atomic mass is 10.1. The Balaban J connectivity index is 1.37. The molecule has 0 aromatic heterocycles. The molecule has 0 radical (unpaired) electrons. The quantitative estimate of drug-likeness (QED) is 0.0895. The molecule has 0 heterocycles. The Morgan fingerprint density at radius 2 is 1.40 bits per heavy atom. The highest BCUT2D eigenvalue weighted by atomic mass is 32.2. The number of alkyl halides is 3. The number of benzene rings is 5. The van der Waals surface area contributed by atoms with Gasteiger partial charge in [-0.2, -0.15) is 13.2 Å². The second-order valence-electron chi connectivity index (χ2n) is 10.8. The smallest absolute Gasteiger partial charge is 0.416 e. The highest BCUT2D eigenvalue weighted by molar-refractivity contribution is 8.00. The van der Waals surface area contributed by atoms with E-state index in [2.05, 4.69) is 16.0 Å². The van der Waals surface area contributed by atoms with Crippen molar-refractivity contribution in [3.05, 3.63) is 161 Å². The predicted octanol–water partition coefficient (Wildman–Crippen LogP) is 8.99. The third kappa shape index (κ3) is 9.86. The summed E-state index contributed by atoms with van der Waals surface area (Å²) >= 11 is 1.16. The van der Waals surface area contributed by atoms with Crippen molar-refractivity contribution in [1.29, 1.82) is 0 Å². The Morgan fingerprint density at radius 1 is 0.760 bits per heavy atom. The number of anilines is 2. The van der Waals surface area contributed by atoms with Crippen molar-refractivity contribution in [2.75, 3.05) is 17.2 Å². The van der Waals surface area contributed by atoms with E-state index in [1.165, 1.54) is 12.1 Å².